The molecule has 3 heterocycles. The summed E-state index contributed by atoms with van der Waals surface area (Å²) in [7, 11) is 0. The van der Waals surface area contributed by atoms with Gasteiger partial charge in [-0.3, -0.25) is 9.36 Å². The van der Waals surface area contributed by atoms with Gasteiger partial charge in [0.25, 0.3) is 5.91 Å². The van der Waals surface area contributed by atoms with Crippen LogP contribution in [0.3, 0.4) is 0 Å². The lowest BCUT2D eigenvalue weighted by molar-refractivity contribution is 0.102. The molecule has 0 spiro atoms. The standard InChI is InChI=1S/C25H19FN6O/c26-18-7-1-3-9-21(18)32-20-11-5-6-17(20)24(30-32)25(33)29-16-12-13-23(27-14-16)31-15-28-19-8-2-4-10-22(19)31/h1-4,7-10,12-15H,5-6,11H2,(H,29,33). The molecule has 1 N–H and O–H groups in total. The molecule has 5 aromatic rings. The summed E-state index contributed by atoms with van der Waals surface area (Å²) in [6.07, 6.45) is 5.76. The molecular formula is C25H19FN6O. The van der Waals surface area contributed by atoms with Crippen molar-refractivity contribution in [1.29, 1.82) is 0 Å². The number of rotatable bonds is 4. The summed E-state index contributed by atoms with van der Waals surface area (Å²) in [5.74, 6) is 0.00534. The third-order valence-corrected chi connectivity index (χ3v) is 5.93. The van der Waals surface area contributed by atoms with E-state index in [0.29, 0.717) is 22.9 Å². The summed E-state index contributed by atoms with van der Waals surface area (Å²) < 4.78 is 17.8. The highest BCUT2D eigenvalue weighted by atomic mass is 19.1. The second-order valence-electron chi connectivity index (χ2n) is 7.95. The molecule has 0 saturated heterocycles. The van der Waals surface area contributed by atoms with Crippen LogP contribution in [0, 0.1) is 5.82 Å². The second kappa shape index (κ2) is 7.67. The Morgan fingerprint density at radius 2 is 1.82 bits per heavy atom. The predicted octanol–water partition coefficient (Wildman–Crippen LogP) is 4.49. The first kappa shape index (κ1) is 19.4. The van der Waals surface area contributed by atoms with Crippen molar-refractivity contribution in [2.24, 2.45) is 0 Å². The number of hydrogen-bond acceptors (Lipinski definition) is 4. The molecule has 162 valence electrons. The van der Waals surface area contributed by atoms with Crippen molar-refractivity contribution in [1.82, 2.24) is 24.3 Å². The Morgan fingerprint density at radius 3 is 2.67 bits per heavy atom. The number of para-hydroxylation sites is 3. The van der Waals surface area contributed by atoms with E-state index in [1.807, 2.05) is 34.9 Å². The van der Waals surface area contributed by atoms with Crippen molar-refractivity contribution in [2.75, 3.05) is 5.32 Å². The minimum Gasteiger partial charge on any atom is -0.319 e. The Labute approximate surface area is 188 Å². The third kappa shape index (κ3) is 3.27. The first-order chi connectivity index (χ1) is 16.2. The van der Waals surface area contributed by atoms with Crippen molar-refractivity contribution < 1.29 is 9.18 Å². The highest BCUT2D eigenvalue weighted by Crippen LogP contribution is 2.29. The SMILES string of the molecule is O=C(Nc1ccc(-n2cnc3ccccc32)nc1)c1nn(-c2ccccc2F)c2c1CCC2. The number of anilines is 1. The maximum atomic E-state index is 14.4. The monoisotopic (exact) mass is 438 g/mol. The zero-order valence-corrected chi connectivity index (χ0v) is 17.6. The normalized spacial score (nSPS) is 12.8. The highest BCUT2D eigenvalue weighted by molar-refractivity contribution is 6.04. The van der Waals surface area contributed by atoms with Gasteiger partial charge in [0.2, 0.25) is 0 Å². The Morgan fingerprint density at radius 1 is 0.970 bits per heavy atom. The topological polar surface area (TPSA) is 77.6 Å². The van der Waals surface area contributed by atoms with Crippen molar-refractivity contribution in [3.8, 4) is 11.5 Å². The predicted molar refractivity (Wildman–Crippen MR) is 122 cm³/mol. The Bertz CT molecular complexity index is 1500. The molecule has 1 aliphatic rings. The van der Waals surface area contributed by atoms with E-state index in [0.717, 1.165) is 41.6 Å². The fourth-order valence-electron chi connectivity index (χ4n) is 4.38. The summed E-state index contributed by atoms with van der Waals surface area (Å²) in [6, 6.07) is 17.9. The zero-order valence-electron chi connectivity index (χ0n) is 17.6. The van der Waals surface area contributed by atoms with E-state index in [4.69, 9.17) is 0 Å². The number of nitrogens with one attached hydrogen (secondary N) is 1. The van der Waals surface area contributed by atoms with Gasteiger partial charge < -0.3 is 5.32 Å². The van der Waals surface area contributed by atoms with E-state index < -0.39 is 0 Å². The van der Waals surface area contributed by atoms with Crippen LogP contribution in [-0.4, -0.2) is 30.2 Å². The van der Waals surface area contributed by atoms with E-state index in [1.165, 1.54) is 6.07 Å². The van der Waals surface area contributed by atoms with E-state index in [9.17, 15) is 9.18 Å². The number of hydrogen-bond donors (Lipinski definition) is 1. The number of amides is 1. The molecule has 8 heteroatoms. The Hall–Kier alpha value is -4.33. The summed E-state index contributed by atoms with van der Waals surface area (Å²) in [4.78, 5) is 21.9. The Balaban J connectivity index is 1.28. The van der Waals surface area contributed by atoms with Crippen LogP contribution in [-0.2, 0) is 12.8 Å². The summed E-state index contributed by atoms with van der Waals surface area (Å²) in [6.45, 7) is 0. The number of benzene rings is 2. The van der Waals surface area contributed by atoms with Crippen LogP contribution < -0.4 is 5.32 Å². The number of nitrogens with zero attached hydrogens (tertiary/aromatic N) is 5. The van der Waals surface area contributed by atoms with Gasteiger partial charge in [0.05, 0.1) is 22.9 Å². The van der Waals surface area contributed by atoms with Gasteiger partial charge in [0, 0.05) is 11.3 Å². The van der Waals surface area contributed by atoms with Crippen LogP contribution in [0.25, 0.3) is 22.5 Å². The lowest BCUT2D eigenvalue weighted by Crippen LogP contribution is -2.15. The van der Waals surface area contributed by atoms with Crippen molar-refractivity contribution in [2.45, 2.75) is 19.3 Å². The van der Waals surface area contributed by atoms with E-state index >= 15 is 0 Å². The molecule has 2 aromatic carbocycles. The quantitative estimate of drug-likeness (QED) is 0.449. The molecule has 33 heavy (non-hydrogen) atoms. The highest BCUT2D eigenvalue weighted by Gasteiger charge is 2.27. The number of halogens is 1. The van der Waals surface area contributed by atoms with Crippen LogP contribution in [0.1, 0.15) is 28.2 Å². The molecule has 0 bridgehead atoms. The molecule has 0 radical (unpaired) electrons. The van der Waals surface area contributed by atoms with Crippen LogP contribution in [0.5, 0.6) is 0 Å². The molecule has 3 aromatic heterocycles. The fraction of sp³-hybridized carbons (Fsp3) is 0.120. The molecule has 0 fully saturated rings. The van der Waals surface area contributed by atoms with Crippen LogP contribution in [0.2, 0.25) is 0 Å². The zero-order chi connectivity index (χ0) is 22.4. The van der Waals surface area contributed by atoms with Gasteiger partial charge in [0.1, 0.15) is 23.6 Å². The minimum atomic E-state index is -0.367. The fourth-order valence-corrected chi connectivity index (χ4v) is 4.38. The molecule has 0 saturated carbocycles. The average molecular weight is 438 g/mol. The maximum absolute atomic E-state index is 14.4. The van der Waals surface area contributed by atoms with Gasteiger partial charge in [-0.2, -0.15) is 5.10 Å². The van der Waals surface area contributed by atoms with Crippen molar-refractivity contribution >= 4 is 22.6 Å². The van der Waals surface area contributed by atoms with Crippen molar-refractivity contribution in [3.63, 3.8) is 0 Å². The van der Waals surface area contributed by atoms with Gasteiger partial charge in [-0.1, -0.05) is 24.3 Å². The second-order valence-corrected chi connectivity index (χ2v) is 7.95. The largest absolute Gasteiger partial charge is 0.319 e. The summed E-state index contributed by atoms with van der Waals surface area (Å²) >= 11 is 0. The number of carbonyl (C=O) groups excluding carboxylic acids is 1. The van der Waals surface area contributed by atoms with Crippen LogP contribution in [0.15, 0.2) is 73.2 Å². The van der Waals surface area contributed by atoms with E-state index in [2.05, 4.69) is 20.4 Å². The molecule has 0 aliphatic heterocycles. The Kier molecular flexibility index (Phi) is 4.50. The third-order valence-electron chi connectivity index (χ3n) is 5.93. The van der Waals surface area contributed by atoms with Gasteiger partial charge in [-0.15, -0.1) is 0 Å². The molecular weight excluding hydrogens is 419 g/mol. The van der Waals surface area contributed by atoms with Crippen LogP contribution >= 0.6 is 0 Å². The first-order valence-electron chi connectivity index (χ1n) is 10.7. The number of imidazole rings is 1. The molecule has 0 atom stereocenters. The van der Waals surface area contributed by atoms with E-state index in [-0.39, 0.29) is 11.7 Å². The van der Waals surface area contributed by atoms with Gasteiger partial charge in [-0.25, -0.2) is 19.0 Å². The number of pyridine rings is 1. The minimum absolute atomic E-state index is 0.328. The molecule has 0 unspecified atom stereocenters. The number of aromatic nitrogens is 5. The molecule has 6 rings (SSSR count). The van der Waals surface area contributed by atoms with Gasteiger partial charge in [0.15, 0.2) is 5.69 Å². The molecule has 7 nitrogen and oxygen atoms in total. The lowest BCUT2D eigenvalue weighted by Gasteiger charge is -2.07. The molecule has 1 aliphatic carbocycles. The smallest absolute Gasteiger partial charge is 0.276 e. The van der Waals surface area contributed by atoms with Crippen LogP contribution in [0.4, 0.5) is 10.1 Å². The number of fused-ring (bicyclic) bond motifs is 2. The van der Waals surface area contributed by atoms with E-state index in [1.54, 1.807) is 41.5 Å². The maximum Gasteiger partial charge on any atom is 0.276 e. The number of carbonyl (C=O) groups is 1. The summed E-state index contributed by atoms with van der Waals surface area (Å²) in [5, 5.41) is 7.36. The first-order valence-corrected chi connectivity index (χ1v) is 10.7. The van der Waals surface area contributed by atoms with Crippen molar-refractivity contribution in [3.05, 3.63) is 96.0 Å². The molecule has 1 amide bonds. The van der Waals surface area contributed by atoms with Gasteiger partial charge >= 0.3 is 0 Å². The summed E-state index contributed by atoms with van der Waals surface area (Å²) in [5.41, 5.74) is 4.85. The van der Waals surface area contributed by atoms with Gasteiger partial charge in [-0.05, 0) is 55.7 Å². The lowest BCUT2D eigenvalue weighted by atomic mass is 10.2. The average Bonchev–Trinajstić information content (AvgIpc) is 3.55.